The molecular formula is C24H31ClN6O3S. The molecule has 1 aliphatic carbocycles. The number of amides is 1. The average molecular weight is 519 g/mol. The Kier molecular flexibility index (Phi) is 7.93. The van der Waals surface area contributed by atoms with Crippen LogP contribution in [-0.2, 0) is 14.8 Å². The Labute approximate surface area is 211 Å². The molecule has 1 atom stereocenters. The molecule has 35 heavy (non-hydrogen) atoms. The van der Waals surface area contributed by atoms with Gasteiger partial charge in [-0.05, 0) is 55.4 Å². The summed E-state index contributed by atoms with van der Waals surface area (Å²) < 4.78 is 25.3. The summed E-state index contributed by atoms with van der Waals surface area (Å²) in [5.41, 5.74) is 2.46. The Balaban J connectivity index is 1.55. The van der Waals surface area contributed by atoms with E-state index in [0.717, 1.165) is 25.7 Å². The molecule has 0 spiro atoms. The number of halogens is 1. The molecule has 2 aliphatic rings. The fraction of sp³-hybridized carbons (Fsp3) is 0.458. The fourth-order valence-corrected chi connectivity index (χ4v) is 5.72. The minimum Gasteiger partial charge on any atom is -0.350 e. The molecule has 3 N–H and O–H groups in total. The Hall–Kier alpha value is -2.69. The highest BCUT2D eigenvalue weighted by Gasteiger charge is 2.26. The Morgan fingerprint density at radius 3 is 2.69 bits per heavy atom. The monoisotopic (exact) mass is 518 g/mol. The molecule has 1 aromatic carbocycles. The van der Waals surface area contributed by atoms with Crippen molar-refractivity contribution in [1.82, 2.24) is 14.3 Å². The van der Waals surface area contributed by atoms with Crippen LogP contribution in [0, 0.1) is 0 Å². The van der Waals surface area contributed by atoms with Crippen LogP contribution in [0.3, 0.4) is 0 Å². The van der Waals surface area contributed by atoms with Gasteiger partial charge in [0.1, 0.15) is 5.02 Å². The van der Waals surface area contributed by atoms with Gasteiger partial charge in [-0.2, -0.15) is 4.98 Å². The van der Waals surface area contributed by atoms with Gasteiger partial charge in [0.05, 0.1) is 23.8 Å². The highest BCUT2D eigenvalue weighted by molar-refractivity contribution is 7.88. The van der Waals surface area contributed by atoms with E-state index in [1.165, 1.54) is 41.2 Å². The molecular weight excluding hydrogens is 488 g/mol. The van der Waals surface area contributed by atoms with Gasteiger partial charge in [-0.25, -0.2) is 17.7 Å². The second-order valence-corrected chi connectivity index (χ2v) is 11.5. The van der Waals surface area contributed by atoms with Crippen molar-refractivity contribution >= 4 is 50.7 Å². The molecule has 9 nitrogen and oxygen atoms in total. The maximum absolute atomic E-state index is 12.1. The normalized spacial score (nSPS) is 19.3. The molecule has 2 fully saturated rings. The topological polar surface area (TPSA) is 116 Å². The molecule has 1 aliphatic heterocycles. The fourth-order valence-electron chi connectivity index (χ4n) is 4.67. The van der Waals surface area contributed by atoms with Crippen molar-refractivity contribution < 1.29 is 13.2 Å². The minimum absolute atomic E-state index is 0.111. The maximum atomic E-state index is 12.1. The third-order valence-corrected chi connectivity index (χ3v) is 8.04. The highest BCUT2D eigenvalue weighted by Crippen LogP contribution is 2.38. The van der Waals surface area contributed by atoms with Gasteiger partial charge in [0.15, 0.2) is 5.82 Å². The standard InChI is InChI=1S/C24H31ClN6O3S/c1-3-22(32)28-21-13-17(16-7-4-5-8-16)10-11-20(21)29-23-19(25)14-26-24(30-23)27-18-9-6-12-31(15-18)35(2,33)34/h3,10-11,13-14,16,18H,1,4-9,12,15H2,2H3,(H,28,32)(H2,26,27,29,30)/t18-/m0/s1. The number of piperidine rings is 1. The number of anilines is 4. The molecule has 0 bridgehead atoms. The van der Waals surface area contributed by atoms with Gasteiger partial charge in [-0.1, -0.05) is 37.1 Å². The van der Waals surface area contributed by atoms with E-state index in [2.05, 4.69) is 38.6 Å². The predicted molar refractivity (Wildman–Crippen MR) is 140 cm³/mol. The van der Waals surface area contributed by atoms with E-state index in [1.807, 2.05) is 12.1 Å². The summed E-state index contributed by atoms with van der Waals surface area (Å²) in [7, 11) is -3.26. The van der Waals surface area contributed by atoms with Gasteiger partial charge in [-0.3, -0.25) is 4.79 Å². The summed E-state index contributed by atoms with van der Waals surface area (Å²) in [4.78, 5) is 20.9. The van der Waals surface area contributed by atoms with E-state index in [-0.39, 0.29) is 11.9 Å². The van der Waals surface area contributed by atoms with Crippen molar-refractivity contribution in [2.75, 3.05) is 35.3 Å². The number of aromatic nitrogens is 2. The van der Waals surface area contributed by atoms with E-state index < -0.39 is 10.0 Å². The molecule has 1 aromatic heterocycles. The number of nitrogens with zero attached hydrogens (tertiary/aromatic N) is 3. The SMILES string of the molecule is C=CC(=O)Nc1cc(C2CCCC2)ccc1Nc1nc(N[C@H]2CCCN(S(C)(=O)=O)C2)ncc1Cl. The summed E-state index contributed by atoms with van der Waals surface area (Å²) in [5, 5.41) is 9.65. The first-order chi connectivity index (χ1) is 16.7. The lowest BCUT2D eigenvalue weighted by Gasteiger charge is -2.31. The van der Waals surface area contributed by atoms with Crippen LogP contribution >= 0.6 is 11.6 Å². The van der Waals surface area contributed by atoms with Crippen LogP contribution in [0.2, 0.25) is 5.02 Å². The zero-order valence-electron chi connectivity index (χ0n) is 19.8. The predicted octanol–water partition coefficient (Wildman–Crippen LogP) is 4.49. The summed E-state index contributed by atoms with van der Waals surface area (Å²) in [6.07, 6.45) is 10.2. The summed E-state index contributed by atoms with van der Waals surface area (Å²) in [6.45, 7) is 4.42. The number of rotatable bonds is 8. The molecule has 2 aromatic rings. The smallest absolute Gasteiger partial charge is 0.247 e. The van der Waals surface area contributed by atoms with Crippen molar-refractivity contribution in [2.45, 2.75) is 50.5 Å². The summed E-state index contributed by atoms with van der Waals surface area (Å²) in [6, 6.07) is 5.87. The third-order valence-electron chi connectivity index (χ3n) is 6.50. The van der Waals surface area contributed by atoms with Gasteiger partial charge in [0.25, 0.3) is 0 Å². The molecule has 2 heterocycles. The quantitative estimate of drug-likeness (QED) is 0.441. The van der Waals surface area contributed by atoms with Crippen LogP contribution in [0.4, 0.5) is 23.1 Å². The number of hydrogen-bond donors (Lipinski definition) is 3. The number of nitrogens with one attached hydrogen (secondary N) is 3. The lowest BCUT2D eigenvalue weighted by Crippen LogP contribution is -2.44. The average Bonchev–Trinajstić information content (AvgIpc) is 3.37. The van der Waals surface area contributed by atoms with E-state index in [0.29, 0.717) is 47.2 Å². The highest BCUT2D eigenvalue weighted by atomic mass is 35.5. The molecule has 188 valence electrons. The van der Waals surface area contributed by atoms with Crippen molar-refractivity contribution in [2.24, 2.45) is 0 Å². The van der Waals surface area contributed by atoms with Crippen LogP contribution in [0.25, 0.3) is 0 Å². The second kappa shape index (κ2) is 10.9. The van der Waals surface area contributed by atoms with Crippen molar-refractivity contribution in [3.05, 3.63) is 47.6 Å². The second-order valence-electron chi connectivity index (χ2n) is 9.10. The summed E-state index contributed by atoms with van der Waals surface area (Å²) >= 11 is 6.39. The van der Waals surface area contributed by atoms with Crippen LogP contribution in [0.5, 0.6) is 0 Å². The lowest BCUT2D eigenvalue weighted by atomic mass is 9.96. The Bertz CT molecular complexity index is 1200. The maximum Gasteiger partial charge on any atom is 0.247 e. The zero-order chi connectivity index (χ0) is 25.0. The van der Waals surface area contributed by atoms with Crippen LogP contribution < -0.4 is 16.0 Å². The summed E-state index contributed by atoms with van der Waals surface area (Å²) in [5.74, 6) is 0.906. The number of sulfonamides is 1. The van der Waals surface area contributed by atoms with Crippen LogP contribution in [-0.4, -0.2) is 54.0 Å². The van der Waals surface area contributed by atoms with Crippen LogP contribution in [0.15, 0.2) is 37.1 Å². The Morgan fingerprint density at radius 1 is 1.20 bits per heavy atom. The molecule has 1 saturated heterocycles. The van der Waals surface area contributed by atoms with Gasteiger partial charge >= 0.3 is 0 Å². The van der Waals surface area contributed by atoms with Gasteiger partial charge < -0.3 is 16.0 Å². The van der Waals surface area contributed by atoms with E-state index in [9.17, 15) is 13.2 Å². The molecule has 1 saturated carbocycles. The third kappa shape index (κ3) is 6.50. The van der Waals surface area contributed by atoms with Crippen molar-refractivity contribution in [3.8, 4) is 0 Å². The van der Waals surface area contributed by atoms with Gasteiger partial charge in [0, 0.05) is 19.1 Å². The van der Waals surface area contributed by atoms with E-state index >= 15 is 0 Å². The lowest BCUT2D eigenvalue weighted by molar-refractivity contribution is -0.111. The van der Waals surface area contributed by atoms with E-state index in [1.54, 1.807) is 0 Å². The van der Waals surface area contributed by atoms with Crippen LogP contribution in [0.1, 0.15) is 50.0 Å². The van der Waals surface area contributed by atoms with Crippen molar-refractivity contribution in [1.29, 1.82) is 0 Å². The first-order valence-electron chi connectivity index (χ1n) is 11.8. The first kappa shape index (κ1) is 25.4. The first-order valence-corrected chi connectivity index (χ1v) is 14.0. The molecule has 0 unspecified atom stereocenters. The minimum atomic E-state index is -3.26. The van der Waals surface area contributed by atoms with Gasteiger partial charge in [-0.15, -0.1) is 0 Å². The molecule has 11 heteroatoms. The number of carbonyl (C=O) groups excluding carboxylic acids is 1. The van der Waals surface area contributed by atoms with E-state index in [4.69, 9.17) is 11.6 Å². The molecule has 0 radical (unpaired) electrons. The number of carbonyl (C=O) groups is 1. The van der Waals surface area contributed by atoms with Crippen molar-refractivity contribution in [3.63, 3.8) is 0 Å². The van der Waals surface area contributed by atoms with Gasteiger partial charge in [0.2, 0.25) is 21.9 Å². The Morgan fingerprint density at radius 2 is 1.97 bits per heavy atom. The zero-order valence-corrected chi connectivity index (χ0v) is 21.3. The largest absolute Gasteiger partial charge is 0.350 e. The molecule has 4 rings (SSSR count). The molecule has 1 amide bonds. The number of hydrogen-bond acceptors (Lipinski definition) is 7. The number of benzene rings is 1.